The molecule has 0 spiro atoms. The Balaban J connectivity index is 0.00000609. The third-order valence-corrected chi connectivity index (χ3v) is 15.5. The van der Waals surface area contributed by atoms with Gasteiger partial charge in [0, 0.05) is 50.0 Å². The van der Waals surface area contributed by atoms with Gasteiger partial charge in [-0.25, -0.2) is 4.98 Å². The van der Waals surface area contributed by atoms with E-state index in [4.69, 9.17) is 9.72 Å². The average molecular weight is 1190 g/mol. The van der Waals surface area contributed by atoms with Crippen LogP contribution < -0.4 is 9.64 Å². The van der Waals surface area contributed by atoms with Gasteiger partial charge in [-0.2, -0.15) is 6.07 Å². The number of rotatable bonds is 6. The smallest absolute Gasteiger partial charge is 0.135 e. The van der Waals surface area contributed by atoms with Gasteiger partial charge in [0.1, 0.15) is 5.82 Å². The molecule has 0 bridgehead atoms. The van der Waals surface area contributed by atoms with Crippen molar-refractivity contribution in [1.82, 2.24) is 14.1 Å². The number of hydrogen-bond acceptors (Lipinski definition) is 3. The Morgan fingerprint density at radius 3 is 1.69 bits per heavy atom. The van der Waals surface area contributed by atoms with Gasteiger partial charge in [-0.15, -0.1) is 41.3 Å². The molecule has 3 aromatic heterocycles. The zero-order valence-electron chi connectivity index (χ0n) is 45.6. The topological polar surface area (TPSA) is 35.2 Å². The zero-order valence-corrected chi connectivity index (χ0v) is 47.9. The van der Waals surface area contributed by atoms with Gasteiger partial charge >= 0.3 is 0 Å². The predicted octanol–water partition coefficient (Wildman–Crippen LogP) is 19.5. The molecule has 13 rings (SSSR count). The van der Waals surface area contributed by atoms with Gasteiger partial charge < -0.3 is 18.8 Å². The molecule has 0 atom stereocenters. The van der Waals surface area contributed by atoms with Gasteiger partial charge in [-0.3, -0.25) is 0 Å². The second-order valence-corrected chi connectivity index (χ2v) is 23.8. The summed E-state index contributed by atoms with van der Waals surface area (Å²) in [6.45, 7) is 22.7. The van der Waals surface area contributed by atoms with E-state index in [-0.39, 0.29) is 37.3 Å². The van der Waals surface area contributed by atoms with Crippen molar-refractivity contribution in [3.05, 3.63) is 236 Å². The second-order valence-electron chi connectivity index (χ2n) is 23.8. The van der Waals surface area contributed by atoms with Crippen molar-refractivity contribution >= 4 is 76.5 Å². The Labute approximate surface area is 472 Å². The third-order valence-electron chi connectivity index (χ3n) is 15.5. The Hall–Kier alpha value is -8.11. The molecule has 0 radical (unpaired) electrons. The molecule has 12 aromatic rings. The van der Waals surface area contributed by atoms with Crippen LogP contribution in [0.5, 0.6) is 11.5 Å². The van der Waals surface area contributed by atoms with Gasteiger partial charge in [-0.05, 0) is 135 Å². The first kappa shape index (κ1) is 50.7. The van der Waals surface area contributed by atoms with Crippen LogP contribution in [0.4, 0.5) is 11.4 Å². The molecule has 4 heterocycles. The van der Waals surface area contributed by atoms with Crippen LogP contribution in [0.25, 0.3) is 93.2 Å². The minimum absolute atomic E-state index is 0. The number of anilines is 2. The van der Waals surface area contributed by atoms with E-state index in [0.29, 0.717) is 11.5 Å². The maximum atomic E-state index is 7.03. The van der Waals surface area contributed by atoms with Crippen molar-refractivity contribution < 1.29 is 25.8 Å². The molecule has 0 saturated carbocycles. The molecule has 0 N–H and O–H groups in total. The molecule has 9 aromatic carbocycles. The van der Waals surface area contributed by atoms with Gasteiger partial charge in [0.2, 0.25) is 0 Å². The van der Waals surface area contributed by atoms with E-state index < -0.39 is 0 Å². The molecule has 0 fully saturated rings. The molecule has 78 heavy (non-hydrogen) atoms. The van der Waals surface area contributed by atoms with Gasteiger partial charge in [-0.1, -0.05) is 213 Å². The molecule has 0 aliphatic carbocycles. The van der Waals surface area contributed by atoms with Crippen molar-refractivity contribution in [3.63, 3.8) is 0 Å². The Bertz CT molecular complexity index is 4410. The molecular formula is C72H61N4OPt-3. The molecule has 5 nitrogen and oxygen atoms in total. The van der Waals surface area contributed by atoms with Crippen molar-refractivity contribution in [2.24, 2.45) is 0 Å². The molecule has 6 heteroatoms. The molecular weight excluding hydrogens is 1130 g/mol. The van der Waals surface area contributed by atoms with E-state index in [9.17, 15) is 0 Å². The number of hydrogen-bond donors (Lipinski definition) is 0. The SMILES string of the molecule is CC(C)(C)c1cc(Oc2[c-]c3c(cc2)c2ccccc2n3-c2cc(C(C)(C)C)ccn2)[c-]c(N2[CH-]n3c4c(-c5cc(-c6ccccc6)cc(C(C)(C)C)c5)cccc4c4ccccc4c4ccccc4c4cccc2c43)c1.[Pt]. The summed E-state index contributed by atoms with van der Waals surface area (Å²) in [5.41, 5.74) is 14.0. The number of benzene rings is 9. The Kier molecular flexibility index (Phi) is 12.4. The summed E-state index contributed by atoms with van der Waals surface area (Å²) in [7, 11) is 0. The second kappa shape index (κ2) is 19.1. The van der Waals surface area contributed by atoms with Crippen molar-refractivity contribution in [3.8, 4) is 39.6 Å². The summed E-state index contributed by atoms with van der Waals surface area (Å²) in [5.74, 6) is 2.05. The fourth-order valence-electron chi connectivity index (χ4n) is 11.4. The Morgan fingerprint density at radius 1 is 0.436 bits per heavy atom. The van der Waals surface area contributed by atoms with Gasteiger partial charge in [0.05, 0.1) is 0 Å². The van der Waals surface area contributed by atoms with Gasteiger partial charge in [0.15, 0.2) is 0 Å². The van der Waals surface area contributed by atoms with E-state index in [0.717, 1.165) is 77.5 Å². The zero-order chi connectivity index (χ0) is 53.0. The van der Waals surface area contributed by atoms with Crippen LogP contribution in [0, 0.1) is 18.8 Å². The number of para-hydroxylation sites is 3. The summed E-state index contributed by atoms with van der Waals surface area (Å²) in [4.78, 5) is 7.25. The van der Waals surface area contributed by atoms with E-state index in [1.165, 1.54) is 43.8 Å². The monoisotopic (exact) mass is 1190 g/mol. The minimum Gasteiger partial charge on any atom is -0.509 e. The first-order valence-corrected chi connectivity index (χ1v) is 26.8. The standard InChI is InChI=1S/C72H61N4O.Pt/c1-70(2,3)49-35-36-73-67(42-49)76-64-31-18-17-27-60(64)61-34-33-53(44-66(61)76)77-54-41-51(72(7,8)9)40-52(43-54)74-45-75-68-55(48-37-47(46-21-11-10-12-22-46)38-50(39-48)71(4,5)6)28-19-29-62(68)58-25-15-13-23-56(58)57-24-14-16-26-59(57)63-30-20-32-65(74)69(63)75;/h10-42,45H,1-9H3;/q-3;. The number of ether oxygens (including phenoxy) is 1. The average Bonchev–Trinajstić information content (AvgIpc) is 4.20. The molecule has 0 unspecified atom stereocenters. The maximum absolute atomic E-state index is 7.03. The Morgan fingerprint density at radius 2 is 1.01 bits per heavy atom. The number of fused-ring (bicyclic) bond motifs is 10. The van der Waals surface area contributed by atoms with E-state index in [1.807, 2.05) is 12.3 Å². The fraction of sp³-hybridized carbons (Fsp3) is 0.167. The fourth-order valence-corrected chi connectivity index (χ4v) is 11.4. The number of nitrogens with zero attached hydrogens (tertiary/aromatic N) is 4. The van der Waals surface area contributed by atoms with Crippen molar-refractivity contribution in [2.45, 2.75) is 78.6 Å². The van der Waals surface area contributed by atoms with Crippen molar-refractivity contribution in [2.75, 3.05) is 4.90 Å². The quantitative estimate of drug-likeness (QED) is 0.156. The molecule has 0 amide bonds. The van der Waals surface area contributed by atoms with Crippen LogP contribution in [-0.2, 0) is 37.3 Å². The predicted molar refractivity (Wildman–Crippen MR) is 324 cm³/mol. The summed E-state index contributed by atoms with van der Waals surface area (Å²) >= 11 is 0. The third kappa shape index (κ3) is 8.79. The molecule has 1 aliphatic heterocycles. The number of pyridine rings is 1. The molecule has 1 aliphatic rings. The summed E-state index contributed by atoms with van der Waals surface area (Å²) in [6, 6.07) is 78.3. The largest absolute Gasteiger partial charge is 0.509 e. The van der Waals surface area contributed by atoms with Crippen LogP contribution in [0.2, 0.25) is 0 Å². The van der Waals surface area contributed by atoms with Crippen LogP contribution in [0.3, 0.4) is 0 Å². The molecule has 0 saturated heterocycles. The maximum Gasteiger partial charge on any atom is 0.135 e. The molecule has 388 valence electrons. The van der Waals surface area contributed by atoms with Gasteiger partial charge in [0.25, 0.3) is 0 Å². The van der Waals surface area contributed by atoms with Crippen LogP contribution in [0.1, 0.15) is 79.0 Å². The normalized spacial score (nSPS) is 12.7. The van der Waals surface area contributed by atoms with E-state index in [2.05, 4.69) is 283 Å². The van der Waals surface area contributed by atoms with E-state index in [1.54, 1.807) is 0 Å². The van der Waals surface area contributed by atoms with Crippen LogP contribution in [-0.4, -0.2) is 14.1 Å². The minimum atomic E-state index is -0.229. The number of aromatic nitrogens is 3. The summed E-state index contributed by atoms with van der Waals surface area (Å²) in [6.07, 6.45) is 1.92. The summed E-state index contributed by atoms with van der Waals surface area (Å²) < 4.78 is 11.7. The summed E-state index contributed by atoms with van der Waals surface area (Å²) in [5, 5.41) is 9.26. The first-order valence-electron chi connectivity index (χ1n) is 26.8. The van der Waals surface area contributed by atoms with Crippen LogP contribution >= 0.6 is 0 Å². The first-order chi connectivity index (χ1) is 37.1. The van der Waals surface area contributed by atoms with Crippen molar-refractivity contribution in [1.29, 1.82) is 0 Å². The van der Waals surface area contributed by atoms with E-state index >= 15 is 0 Å². The van der Waals surface area contributed by atoms with Crippen LogP contribution in [0.15, 0.2) is 200 Å².